The average molecular weight is 590 g/mol. The minimum Gasteiger partial charge on any atom is -0.465 e. The normalized spacial score (nSPS) is 23.7. The number of ether oxygens (including phenoxy) is 1. The SMILES string of the molecule is CN(C(=O)O)C1CCN(c2nc(NCC(c3ccccc3)c3ccccc3)c3ncn([C@@H]4O[C@H](CO)[C@@H](O)[C@@H]4O)c3n2)C1. The van der Waals surface area contributed by atoms with E-state index in [0.717, 1.165) is 11.1 Å². The molecule has 4 aromatic rings. The number of fused-ring (bicyclic) bond motifs is 1. The van der Waals surface area contributed by atoms with Crippen molar-refractivity contribution in [3.63, 3.8) is 0 Å². The largest absolute Gasteiger partial charge is 0.465 e. The number of hydrogen-bond donors (Lipinski definition) is 5. The zero-order chi connectivity index (χ0) is 30.1. The zero-order valence-electron chi connectivity index (χ0n) is 23.6. The molecule has 2 saturated heterocycles. The second-order valence-corrected chi connectivity index (χ2v) is 11.0. The molecule has 2 aliphatic rings. The van der Waals surface area contributed by atoms with Crippen LogP contribution in [0.4, 0.5) is 16.6 Å². The molecule has 2 aromatic heterocycles. The van der Waals surface area contributed by atoms with E-state index >= 15 is 0 Å². The van der Waals surface area contributed by atoms with Crippen LogP contribution in [-0.2, 0) is 4.74 Å². The number of likely N-dealkylation sites (N-methyl/N-ethyl adjacent to an activating group) is 1. The molecule has 0 aliphatic carbocycles. The Balaban J connectivity index is 1.37. The van der Waals surface area contributed by atoms with Gasteiger partial charge in [0.2, 0.25) is 5.95 Å². The van der Waals surface area contributed by atoms with Crippen molar-refractivity contribution in [3.05, 3.63) is 78.1 Å². The molecule has 13 heteroatoms. The number of amides is 1. The summed E-state index contributed by atoms with van der Waals surface area (Å²) in [5.74, 6) is 0.844. The first-order valence-electron chi connectivity index (χ1n) is 14.3. The fraction of sp³-hybridized carbons (Fsp3) is 0.400. The Labute approximate surface area is 248 Å². The van der Waals surface area contributed by atoms with E-state index in [1.54, 1.807) is 7.05 Å². The van der Waals surface area contributed by atoms with Gasteiger partial charge in [0.15, 0.2) is 23.2 Å². The lowest BCUT2D eigenvalue weighted by Crippen LogP contribution is -2.38. The molecule has 0 radical (unpaired) electrons. The van der Waals surface area contributed by atoms with Gasteiger partial charge in [0, 0.05) is 32.6 Å². The topological polar surface area (TPSA) is 169 Å². The lowest BCUT2D eigenvalue weighted by molar-refractivity contribution is -0.0511. The highest BCUT2D eigenvalue weighted by atomic mass is 16.6. The molecule has 2 fully saturated rings. The first-order chi connectivity index (χ1) is 20.9. The average Bonchev–Trinajstić information content (AvgIpc) is 3.76. The standard InChI is InChI=1S/C30H35N7O6/c1-35(30(41)42)20-12-13-36(15-20)29-33-26(31-14-21(18-8-4-2-5-9-18)19-10-6-3-7-11-19)23-27(34-29)37(17-32-23)28-25(40)24(39)22(16-38)43-28/h2-11,17,20-22,24-25,28,38-40H,12-16H2,1H3,(H,41,42)(H,31,33,34)/t20?,22-,24-,25+,28-/m1/s1. The lowest BCUT2D eigenvalue weighted by atomic mass is 9.91. The summed E-state index contributed by atoms with van der Waals surface area (Å²) in [5, 5.41) is 43.8. The maximum absolute atomic E-state index is 11.6. The van der Waals surface area contributed by atoms with Crippen LogP contribution < -0.4 is 10.2 Å². The third-order valence-electron chi connectivity index (χ3n) is 8.37. The number of carbonyl (C=O) groups is 1. The maximum Gasteiger partial charge on any atom is 0.407 e. The van der Waals surface area contributed by atoms with Gasteiger partial charge in [-0.15, -0.1) is 0 Å². The quantitative estimate of drug-likeness (QED) is 0.193. The molecule has 13 nitrogen and oxygen atoms in total. The minimum atomic E-state index is -1.31. The summed E-state index contributed by atoms with van der Waals surface area (Å²) in [6.45, 7) is 0.990. The van der Waals surface area contributed by atoms with Gasteiger partial charge in [-0.1, -0.05) is 60.7 Å². The highest BCUT2D eigenvalue weighted by Gasteiger charge is 2.44. The number of rotatable bonds is 9. The van der Waals surface area contributed by atoms with Crippen molar-refractivity contribution in [1.29, 1.82) is 0 Å². The Morgan fingerprint density at radius 1 is 1.07 bits per heavy atom. The van der Waals surface area contributed by atoms with Gasteiger partial charge in [-0.2, -0.15) is 9.97 Å². The van der Waals surface area contributed by atoms with E-state index < -0.39 is 37.2 Å². The molecule has 0 spiro atoms. The predicted molar refractivity (Wildman–Crippen MR) is 158 cm³/mol. The third kappa shape index (κ3) is 5.59. The van der Waals surface area contributed by atoms with Gasteiger partial charge in [0.25, 0.3) is 0 Å². The summed E-state index contributed by atoms with van der Waals surface area (Å²) >= 11 is 0. The summed E-state index contributed by atoms with van der Waals surface area (Å²) < 4.78 is 7.33. The maximum atomic E-state index is 11.6. The van der Waals surface area contributed by atoms with Crippen LogP contribution in [0, 0.1) is 0 Å². The summed E-state index contributed by atoms with van der Waals surface area (Å²) in [6.07, 6.45) is -3.49. The molecule has 43 heavy (non-hydrogen) atoms. The van der Waals surface area contributed by atoms with Crippen molar-refractivity contribution in [1.82, 2.24) is 24.4 Å². The summed E-state index contributed by atoms with van der Waals surface area (Å²) in [5.41, 5.74) is 3.07. The van der Waals surface area contributed by atoms with Crippen molar-refractivity contribution in [2.24, 2.45) is 0 Å². The summed E-state index contributed by atoms with van der Waals surface area (Å²) in [7, 11) is 1.55. The van der Waals surface area contributed by atoms with Crippen LogP contribution in [0.1, 0.15) is 29.7 Å². The van der Waals surface area contributed by atoms with Crippen molar-refractivity contribution < 1.29 is 30.0 Å². The van der Waals surface area contributed by atoms with Crippen LogP contribution in [-0.4, -0.2) is 109 Å². The van der Waals surface area contributed by atoms with Crippen LogP contribution in [0.25, 0.3) is 11.2 Å². The van der Waals surface area contributed by atoms with E-state index in [9.17, 15) is 25.2 Å². The number of carboxylic acid groups (broad SMARTS) is 1. The minimum absolute atomic E-state index is 0.00113. The molecule has 5 N–H and O–H groups in total. The Bertz CT molecular complexity index is 1520. The molecule has 2 aliphatic heterocycles. The highest BCUT2D eigenvalue weighted by Crippen LogP contribution is 2.34. The first kappa shape index (κ1) is 28.8. The van der Waals surface area contributed by atoms with Crippen molar-refractivity contribution >= 4 is 29.0 Å². The van der Waals surface area contributed by atoms with Gasteiger partial charge >= 0.3 is 6.09 Å². The fourth-order valence-corrected chi connectivity index (χ4v) is 5.86. The Hall–Kier alpha value is -4.30. The van der Waals surface area contributed by atoms with Crippen LogP contribution >= 0.6 is 0 Å². The van der Waals surface area contributed by atoms with E-state index in [-0.39, 0.29) is 12.0 Å². The van der Waals surface area contributed by atoms with Crippen LogP contribution in [0.3, 0.4) is 0 Å². The summed E-state index contributed by atoms with van der Waals surface area (Å²) in [6, 6.07) is 20.1. The second-order valence-electron chi connectivity index (χ2n) is 11.0. The predicted octanol–water partition coefficient (Wildman–Crippen LogP) is 1.87. The number of aromatic nitrogens is 4. The molecule has 0 saturated carbocycles. The van der Waals surface area contributed by atoms with Gasteiger partial charge in [0.1, 0.15) is 18.3 Å². The monoisotopic (exact) mass is 589 g/mol. The number of nitrogens with one attached hydrogen (secondary N) is 1. The molecular formula is C30H35N7O6. The lowest BCUT2D eigenvalue weighted by Gasteiger charge is -2.23. The van der Waals surface area contributed by atoms with E-state index in [2.05, 4.69) is 34.6 Å². The van der Waals surface area contributed by atoms with Gasteiger partial charge in [-0.05, 0) is 17.5 Å². The number of nitrogens with zero attached hydrogens (tertiary/aromatic N) is 6. The number of aliphatic hydroxyl groups excluding tert-OH is 3. The van der Waals surface area contributed by atoms with Crippen molar-refractivity contribution in [2.45, 2.75) is 42.9 Å². The summed E-state index contributed by atoms with van der Waals surface area (Å²) in [4.78, 5) is 29.0. The van der Waals surface area contributed by atoms with E-state index in [1.165, 1.54) is 15.8 Å². The van der Waals surface area contributed by atoms with E-state index in [0.29, 0.717) is 49.0 Å². The molecule has 2 aromatic carbocycles. The number of benzene rings is 2. The van der Waals surface area contributed by atoms with Crippen LogP contribution in [0.15, 0.2) is 67.0 Å². The molecular weight excluding hydrogens is 554 g/mol. The molecule has 1 unspecified atom stereocenters. The molecule has 1 amide bonds. The number of hydrogen-bond acceptors (Lipinski definition) is 10. The number of imidazole rings is 1. The highest BCUT2D eigenvalue weighted by molar-refractivity contribution is 5.84. The van der Waals surface area contributed by atoms with Crippen LogP contribution in [0.5, 0.6) is 0 Å². The first-order valence-corrected chi connectivity index (χ1v) is 14.3. The second kappa shape index (κ2) is 12.1. The Morgan fingerprint density at radius 3 is 2.35 bits per heavy atom. The molecule has 6 rings (SSSR count). The molecule has 5 atom stereocenters. The van der Waals surface area contributed by atoms with Gasteiger partial charge in [-0.25, -0.2) is 9.78 Å². The number of anilines is 2. The molecule has 4 heterocycles. The molecule has 226 valence electrons. The fourth-order valence-electron chi connectivity index (χ4n) is 5.86. The number of aliphatic hydroxyl groups is 3. The Kier molecular flexibility index (Phi) is 8.13. The van der Waals surface area contributed by atoms with E-state index in [4.69, 9.17) is 14.7 Å². The zero-order valence-corrected chi connectivity index (χ0v) is 23.6. The molecule has 0 bridgehead atoms. The van der Waals surface area contributed by atoms with Crippen molar-refractivity contribution in [3.8, 4) is 0 Å². The van der Waals surface area contributed by atoms with Gasteiger partial charge < -0.3 is 40.3 Å². The van der Waals surface area contributed by atoms with Crippen molar-refractivity contribution in [2.75, 3.05) is 43.5 Å². The van der Waals surface area contributed by atoms with Gasteiger partial charge in [0.05, 0.1) is 19.0 Å². The van der Waals surface area contributed by atoms with E-state index in [1.807, 2.05) is 41.3 Å². The third-order valence-corrected chi connectivity index (χ3v) is 8.37. The smallest absolute Gasteiger partial charge is 0.407 e. The van der Waals surface area contributed by atoms with Crippen LogP contribution in [0.2, 0.25) is 0 Å². The van der Waals surface area contributed by atoms with Gasteiger partial charge in [-0.3, -0.25) is 4.57 Å². The Morgan fingerprint density at radius 2 is 1.74 bits per heavy atom.